The Labute approximate surface area is 55.8 Å². The van der Waals surface area contributed by atoms with E-state index in [1.54, 1.807) is 0 Å². The summed E-state index contributed by atoms with van der Waals surface area (Å²) in [5.74, 6) is 0.646. The molecule has 2 heteroatoms. The topological polar surface area (TPSA) is 20.3 Å². The molecule has 0 N–H and O–H groups in total. The van der Waals surface area contributed by atoms with Gasteiger partial charge in [0, 0.05) is 13.0 Å². The molecule has 0 spiro atoms. The van der Waals surface area contributed by atoms with E-state index in [1.165, 1.54) is 13.0 Å². The molecule has 1 fully saturated rings. The average molecular weight is 127 g/mol. The zero-order chi connectivity index (χ0) is 6.69. The van der Waals surface area contributed by atoms with Crippen molar-refractivity contribution in [3.63, 3.8) is 0 Å². The minimum absolute atomic E-state index is 0.646. The largest absolute Gasteiger partial charge is 0.306 e. The molecule has 0 aromatic carbocycles. The fourth-order valence-electron chi connectivity index (χ4n) is 1.35. The van der Waals surface area contributed by atoms with E-state index in [4.69, 9.17) is 0 Å². The summed E-state index contributed by atoms with van der Waals surface area (Å²) < 4.78 is 0. The van der Waals surface area contributed by atoms with Gasteiger partial charge in [0.15, 0.2) is 0 Å². The van der Waals surface area contributed by atoms with Crippen LogP contribution in [0.4, 0.5) is 0 Å². The summed E-state index contributed by atoms with van der Waals surface area (Å²) in [7, 11) is 2.10. The number of hydrogen-bond donors (Lipinski definition) is 0. The predicted molar refractivity (Wildman–Crippen MR) is 36.3 cm³/mol. The molecule has 1 saturated heterocycles. The molecule has 0 aromatic rings. The molecule has 1 rings (SSSR count). The SMILES string of the molecule is CN1CC[C@@H](CC=O)C1. The first kappa shape index (κ1) is 6.75. The Hall–Kier alpha value is -0.370. The number of carbonyl (C=O) groups is 1. The van der Waals surface area contributed by atoms with E-state index in [0.717, 1.165) is 19.3 Å². The van der Waals surface area contributed by atoms with E-state index in [0.29, 0.717) is 5.92 Å². The minimum Gasteiger partial charge on any atom is -0.306 e. The van der Waals surface area contributed by atoms with E-state index < -0.39 is 0 Å². The summed E-state index contributed by atoms with van der Waals surface area (Å²) in [6, 6.07) is 0. The molecular formula is C7H13NO. The molecule has 0 bridgehead atoms. The maximum absolute atomic E-state index is 10.0. The summed E-state index contributed by atoms with van der Waals surface area (Å²) in [5, 5.41) is 0. The summed E-state index contributed by atoms with van der Waals surface area (Å²) in [4.78, 5) is 12.3. The van der Waals surface area contributed by atoms with Crippen molar-refractivity contribution in [1.82, 2.24) is 4.90 Å². The van der Waals surface area contributed by atoms with Gasteiger partial charge in [0.1, 0.15) is 6.29 Å². The van der Waals surface area contributed by atoms with Gasteiger partial charge in [-0.05, 0) is 25.9 Å². The number of aldehydes is 1. The van der Waals surface area contributed by atoms with Crippen LogP contribution in [0.25, 0.3) is 0 Å². The van der Waals surface area contributed by atoms with E-state index in [-0.39, 0.29) is 0 Å². The van der Waals surface area contributed by atoms with Gasteiger partial charge in [0.25, 0.3) is 0 Å². The van der Waals surface area contributed by atoms with E-state index in [2.05, 4.69) is 11.9 Å². The summed E-state index contributed by atoms with van der Waals surface area (Å²) in [5.41, 5.74) is 0. The molecule has 9 heavy (non-hydrogen) atoms. The fourth-order valence-corrected chi connectivity index (χ4v) is 1.35. The van der Waals surface area contributed by atoms with Gasteiger partial charge in [0.05, 0.1) is 0 Å². The molecule has 52 valence electrons. The lowest BCUT2D eigenvalue weighted by molar-refractivity contribution is -0.108. The van der Waals surface area contributed by atoms with Crippen molar-refractivity contribution in [2.24, 2.45) is 5.92 Å². The third kappa shape index (κ3) is 1.79. The van der Waals surface area contributed by atoms with Gasteiger partial charge in [-0.2, -0.15) is 0 Å². The Bertz CT molecular complexity index is 103. The third-order valence-corrected chi connectivity index (χ3v) is 1.92. The van der Waals surface area contributed by atoms with Crippen LogP contribution in [0.15, 0.2) is 0 Å². The Balaban J connectivity index is 2.21. The molecule has 0 unspecified atom stereocenters. The van der Waals surface area contributed by atoms with Crippen LogP contribution in [-0.4, -0.2) is 31.3 Å². The lowest BCUT2D eigenvalue weighted by Gasteiger charge is -2.05. The zero-order valence-electron chi connectivity index (χ0n) is 5.84. The molecule has 0 radical (unpaired) electrons. The van der Waals surface area contributed by atoms with Crippen molar-refractivity contribution in [3.05, 3.63) is 0 Å². The maximum Gasteiger partial charge on any atom is 0.120 e. The highest BCUT2D eigenvalue weighted by Crippen LogP contribution is 2.15. The van der Waals surface area contributed by atoms with Gasteiger partial charge in [-0.15, -0.1) is 0 Å². The Morgan fingerprint density at radius 1 is 1.78 bits per heavy atom. The van der Waals surface area contributed by atoms with Gasteiger partial charge in [-0.1, -0.05) is 0 Å². The quantitative estimate of drug-likeness (QED) is 0.504. The molecule has 1 aliphatic rings. The normalized spacial score (nSPS) is 28.8. The fraction of sp³-hybridized carbons (Fsp3) is 0.857. The predicted octanol–water partition coefficient (Wildman–Crippen LogP) is 0.527. The second-order valence-electron chi connectivity index (χ2n) is 2.82. The Morgan fingerprint density at radius 3 is 3.00 bits per heavy atom. The van der Waals surface area contributed by atoms with Gasteiger partial charge < -0.3 is 9.69 Å². The van der Waals surface area contributed by atoms with E-state index >= 15 is 0 Å². The first-order valence-electron chi connectivity index (χ1n) is 3.45. The zero-order valence-corrected chi connectivity index (χ0v) is 5.84. The highest BCUT2D eigenvalue weighted by atomic mass is 16.1. The van der Waals surface area contributed by atoms with Crippen molar-refractivity contribution in [3.8, 4) is 0 Å². The van der Waals surface area contributed by atoms with Crippen LogP contribution in [0, 0.1) is 5.92 Å². The monoisotopic (exact) mass is 127 g/mol. The molecule has 0 aromatic heterocycles. The Kier molecular flexibility index (Phi) is 2.22. The van der Waals surface area contributed by atoms with Crippen LogP contribution >= 0.6 is 0 Å². The first-order chi connectivity index (χ1) is 4.33. The van der Waals surface area contributed by atoms with Crippen molar-refractivity contribution < 1.29 is 4.79 Å². The highest BCUT2D eigenvalue weighted by Gasteiger charge is 2.17. The first-order valence-corrected chi connectivity index (χ1v) is 3.45. The summed E-state index contributed by atoms with van der Waals surface area (Å²) in [6.45, 7) is 2.28. The maximum atomic E-state index is 10.0. The number of nitrogens with zero attached hydrogens (tertiary/aromatic N) is 1. The molecule has 0 amide bonds. The van der Waals surface area contributed by atoms with Gasteiger partial charge in [-0.3, -0.25) is 0 Å². The second kappa shape index (κ2) is 2.97. The molecular weight excluding hydrogens is 114 g/mol. The van der Waals surface area contributed by atoms with Crippen LogP contribution in [0.2, 0.25) is 0 Å². The van der Waals surface area contributed by atoms with E-state index in [1.807, 2.05) is 0 Å². The Morgan fingerprint density at radius 2 is 2.56 bits per heavy atom. The molecule has 1 aliphatic heterocycles. The number of carbonyl (C=O) groups excluding carboxylic acids is 1. The lowest BCUT2D eigenvalue weighted by atomic mass is 10.1. The lowest BCUT2D eigenvalue weighted by Crippen LogP contribution is -2.13. The molecule has 2 nitrogen and oxygen atoms in total. The smallest absolute Gasteiger partial charge is 0.120 e. The summed E-state index contributed by atoms with van der Waals surface area (Å²) >= 11 is 0. The van der Waals surface area contributed by atoms with Gasteiger partial charge in [-0.25, -0.2) is 0 Å². The third-order valence-electron chi connectivity index (χ3n) is 1.92. The van der Waals surface area contributed by atoms with Gasteiger partial charge in [0.2, 0.25) is 0 Å². The van der Waals surface area contributed by atoms with Crippen LogP contribution in [-0.2, 0) is 4.79 Å². The summed E-state index contributed by atoms with van der Waals surface area (Å²) in [6.07, 6.45) is 2.99. The number of rotatable bonds is 2. The standard InChI is InChI=1S/C7H13NO/c1-8-4-2-7(6-8)3-5-9/h5,7H,2-4,6H2,1H3/t7-/m0/s1. The van der Waals surface area contributed by atoms with Crippen LogP contribution in [0.3, 0.4) is 0 Å². The molecule has 1 atom stereocenters. The molecule has 0 aliphatic carbocycles. The van der Waals surface area contributed by atoms with Crippen molar-refractivity contribution in [2.45, 2.75) is 12.8 Å². The van der Waals surface area contributed by atoms with Crippen LogP contribution < -0.4 is 0 Å². The van der Waals surface area contributed by atoms with Crippen LogP contribution in [0.1, 0.15) is 12.8 Å². The van der Waals surface area contributed by atoms with Crippen LogP contribution in [0.5, 0.6) is 0 Å². The van der Waals surface area contributed by atoms with Crippen molar-refractivity contribution in [1.29, 1.82) is 0 Å². The van der Waals surface area contributed by atoms with Crippen molar-refractivity contribution >= 4 is 6.29 Å². The number of likely N-dealkylation sites (tertiary alicyclic amines) is 1. The number of hydrogen-bond acceptors (Lipinski definition) is 2. The highest BCUT2D eigenvalue weighted by molar-refractivity contribution is 5.49. The second-order valence-corrected chi connectivity index (χ2v) is 2.82. The van der Waals surface area contributed by atoms with Crippen molar-refractivity contribution in [2.75, 3.05) is 20.1 Å². The molecule has 1 heterocycles. The van der Waals surface area contributed by atoms with E-state index in [9.17, 15) is 4.79 Å². The van der Waals surface area contributed by atoms with Gasteiger partial charge >= 0.3 is 0 Å². The average Bonchev–Trinajstić information content (AvgIpc) is 2.17. The molecule has 0 saturated carbocycles. The minimum atomic E-state index is 0.646.